The normalized spacial score (nSPS) is 20.0. The van der Waals surface area contributed by atoms with Crippen LogP contribution in [0.1, 0.15) is 18.1 Å². The van der Waals surface area contributed by atoms with Gasteiger partial charge in [-0.05, 0) is 31.2 Å². The Labute approximate surface area is 166 Å². The Bertz CT molecular complexity index is 836. The second-order valence-electron chi connectivity index (χ2n) is 7.34. The van der Waals surface area contributed by atoms with E-state index in [0.717, 1.165) is 44.2 Å². The fraction of sp³-hybridized carbons (Fsp3) is 0.364. The summed E-state index contributed by atoms with van der Waals surface area (Å²) < 4.78 is 5.21. The number of carbonyl (C=O) groups is 1. The zero-order chi connectivity index (χ0) is 19.9. The van der Waals surface area contributed by atoms with Gasteiger partial charge >= 0.3 is 0 Å². The van der Waals surface area contributed by atoms with E-state index in [-0.39, 0.29) is 11.9 Å². The number of nitrogens with zero attached hydrogens (tertiary/aromatic N) is 1. The van der Waals surface area contributed by atoms with E-state index >= 15 is 0 Å². The van der Waals surface area contributed by atoms with Crippen molar-refractivity contribution in [3.63, 3.8) is 0 Å². The van der Waals surface area contributed by atoms with E-state index < -0.39 is 0 Å². The highest BCUT2D eigenvalue weighted by Crippen LogP contribution is 2.16. The number of carbonyl (C=O) groups excluding carboxylic acids is 1. The molecule has 28 heavy (non-hydrogen) atoms. The monoisotopic (exact) mass is 380 g/mol. The zero-order valence-corrected chi connectivity index (χ0v) is 16.5. The largest absolute Gasteiger partial charge is 0.497 e. The first-order chi connectivity index (χ1) is 13.6. The van der Waals surface area contributed by atoms with Crippen molar-refractivity contribution < 1.29 is 19.3 Å². The molecule has 0 aromatic heterocycles. The Balaban J connectivity index is 1.49. The van der Waals surface area contributed by atoms with Gasteiger partial charge in [0, 0.05) is 17.3 Å². The molecule has 6 heteroatoms. The lowest BCUT2D eigenvalue weighted by Gasteiger charge is -2.32. The third-order valence-corrected chi connectivity index (χ3v) is 5.48. The van der Waals surface area contributed by atoms with Crippen LogP contribution in [0.5, 0.6) is 5.75 Å². The van der Waals surface area contributed by atoms with E-state index in [1.807, 2.05) is 55.5 Å². The number of anilines is 1. The van der Waals surface area contributed by atoms with Gasteiger partial charge in [-0.2, -0.15) is 5.26 Å². The molecule has 0 aliphatic carbocycles. The predicted molar refractivity (Wildman–Crippen MR) is 107 cm³/mol. The lowest BCUT2D eigenvalue weighted by Crippen LogP contribution is -3.29. The summed E-state index contributed by atoms with van der Waals surface area (Å²) in [6.07, 6.45) is 0. The molecule has 3 N–H and O–H groups in total. The summed E-state index contributed by atoms with van der Waals surface area (Å²) in [5, 5.41) is 11.9. The number of methoxy groups -OCH3 is 1. The van der Waals surface area contributed by atoms with E-state index in [1.54, 1.807) is 7.11 Å². The molecule has 2 aromatic rings. The second-order valence-corrected chi connectivity index (χ2v) is 7.34. The van der Waals surface area contributed by atoms with Gasteiger partial charge in [-0.25, -0.2) is 0 Å². The molecule has 0 unspecified atom stereocenters. The molecule has 3 rings (SSSR count). The van der Waals surface area contributed by atoms with Crippen molar-refractivity contribution in [3.05, 3.63) is 59.7 Å². The van der Waals surface area contributed by atoms with Crippen LogP contribution in [0.2, 0.25) is 0 Å². The fourth-order valence-electron chi connectivity index (χ4n) is 3.66. The predicted octanol–water partition coefficient (Wildman–Crippen LogP) is -0.123. The van der Waals surface area contributed by atoms with E-state index in [0.29, 0.717) is 5.56 Å². The molecule has 1 aliphatic rings. The number of ether oxygens (including phenoxy) is 1. The highest BCUT2D eigenvalue weighted by atomic mass is 16.5. The van der Waals surface area contributed by atoms with Gasteiger partial charge in [-0.3, -0.25) is 4.79 Å². The Morgan fingerprint density at radius 2 is 1.89 bits per heavy atom. The summed E-state index contributed by atoms with van der Waals surface area (Å²) in [6, 6.07) is 17.3. The van der Waals surface area contributed by atoms with E-state index in [2.05, 4.69) is 11.4 Å². The van der Waals surface area contributed by atoms with Crippen molar-refractivity contribution in [2.75, 3.05) is 38.6 Å². The molecule has 0 bridgehead atoms. The summed E-state index contributed by atoms with van der Waals surface area (Å²) in [6.45, 7) is 6.97. The summed E-state index contributed by atoms with van der Waals surface area (Å²) in [5.41, 5.74) is 2.71. The van der Waals surface area contributed by atoms with Crippen LogP contribution in [0.15, 0.2) is 48.5 Å². The third kappa shape index (κ3) is 5.10. The quantitative estimate of drug-likeness (QED) is 0.654. The number of piperazine rings is 1. The number of nitrogens with one attached hydrogen (secondary N) is 3. The first kappa shape index (κ1) is 19.9. The van der Waals surface area contributed by atoms with Crippen molar-refractivity contribution >= 4 is 11.6 Å². The van der Waals surface area contributed by atoms with Crippen LogP contribution in [-0.2, 0) is 11.3 Å². The van der Waals surface area contributed by atoms with Crippen LogP contribution < -0.4 is 19.9 Å². The molecule has 1 amide bonds. The maximum absolute atomic E-state index is 12.6. The molecule has 6 nitrogen and oxygen atoms in total. The van der Waals surface area contributed by atoms with E-state index in [1.165, 1.54) is 15.4 Å². The summed E-state index contributed by atoms with van der Waals surface area (Å²) in [4.78, 5) is 15.5. The highest BCUT2D eigenvalue weighted by molar-refractivity contribution is 5.93. The molecule has 2 aromatic carbocycles. The number of hydrogen-bond acceptors (Lipinski definition) is 3. The van der Waals surface area contributed by atoms with Crippen LogP contribution in [0.25, 0.3) is 0 Å². The molecule has 1 saturated heterocycles. The average molecular weight is 380 g/mol. The van der Waals surface area contributed by atoms with Gasteiger partial charge in [0.15, 0.2) is 6.04 Å². The number of quaternary nitrogens is 2. The van der Waals surface area contributed by atoms with Gasteiger partial charge in [0.25, 0.3) is 5.91 Å². The van der Waals surface area contributed by atoms with Crippen molar-refractivity contribution in [2.45, 2.75) is 19.5 Å². The fourth-order valence-corrected chi connectivity index (χ4v) is 3.66. The number of benzene rings is 2. The van der Waals surface area contributed by atoms with Gasteiger partial charge in [0.05, 0.1) is 18.7 Å². The van der Waals surface area contributed by atoms with Crippen LogP contribution in [-0.4, -0.2) is 45.2 Å². The molecule has 0 saturated carbocycles. The van der Waals surface area contributed by atoms with Crippen molar-refractivity contribution in [1.29, 1.82) is 5.26 Å². The first-order valence-corrected chi connectivity index (χ1v) is 9.71. The number of nitriles is 1. The Hall–Kier alpha value is -2.88. The number of rotatable bonds is 6. The van der Waals surface area contributed by atoms with Gasteiger partial charge < -0.3 is 19.9 Å². The van der Waals surface area contributed by atoms with E-state index in [9.17, 15) is 4.79 Å². The molecule has 146 valence electrons. The summed E-state index contributed by atoms with van der Waals surface area (Å²) in [7, 11) is 1.62. The molecular weight excluding hydrogens is 352 g/mol. The van der Waals surface area contributed by atoms with E-state index in [4.69, 9.17) is 10.00 Å². The highest BCUT2D eigenvalue weighted by Gasteiger charge is 2.31. The molecule has 1 heterocycles. The first-order valence-electron chi connectivity index (χ1n) is 9.71. The van der Waals surface area contributed by atoms with Crippen LogP contribution in [0.4, 0.5) is 5.69 Å². The molecular formula is C22H28N4O2+2. The maximum atomic E-state index is 12.6. The minimum absolute atomic E-state index is 0.0406. The van der Waals surface area contributed by atoms with Crippen LogP contribution >= 0.6 is 0 Å². The summed E-state index contributed by atoms with van der Waals surface area (Å²) >= 11 is 0. The summed E-state index contributed by atoms with van der Waals surface area (Å²) in [5.74, 6) is 0.775. The van der Waals surface area contributed by atoms with Crippen molar-refractivity contribution in [3.8, 4) is 11.8 Å². The average Bonchev–Trinajstić information content (AvgIpc) is 2.74. The lowest BCUT2D eigenvalue weighted by molar-refractivity contribution is -1.02. The molecule has 1 fully saturated rings. The van der Waals surface area contributed by atoms with Crippen molar-refractivity contribution in [2.24, 2.45) is 0 Å². The topological polar surface area (TPSA) is 71.0 Å². The molecule has 0 spiro atoms. The zero-order valence-electron chi connectivity index (χ0n) is 16.5. The number of hydrogen-bond donors (Lipinski definition) is 3. The molecule has 0 radical (unpaired) electrons. The Morgan fingerprint density at radius 1 is 1.18 bits per heavy atom. The van der Waals surface area contributed by atoms with Gasteiger partial charge in [-0.15, -0.1) is 0 Å². The van der Waals surface area contributed by atoms with Gasteiger partial charge in [-0.1, -0.05) is 18.2 Å². The van der Waals surface area contributed by atoms with Crippen LogP contribution in [0.3, 0.4) is 0 Å². The van der Waals surface area contributed by atoms with Crippen molar-refractivity contribution in [1.82, 2.24) is 0 Å². The number of amides is 1. The Morgan fingerprint density at radius 3 is 2.54 bits per heavy atom. The third-order valence-electron chi connectivity index (χ3n) is 5.48. The SMILES string of the molecule is COc1cccc(NC(=O)[C@@H](C)[NH+]2CC[NH+](Cc3ccc(C#N)cc3)CC2)c1. The maximum Gasteiger partial charge on any atom is 0.282 e. The smallest absolute Gasteiger partial charge is 0.282 e. The Kier molecular flexibility index (Phi) is 6.64. The molecule has 1 aliphatic heterocycles. The standard InChI is InChI=1S/C22H26N4O2/c1-17(22(27)24-20-4-3-5-21(14-20)28-2)26-12-10-25(11-13-26)16-19-8-6-18(15-23)7-9-19/h3-9,14,17H,10-13,16H2,1-2H3,(H,24,27)/p+2/t17-/m1/s1. The van der Waals surface area contributed by atoms with Crippen LogP contribution in [0, 0.1) is 11.3 Å². The van der Waals surface area contributed by atoms with Gasteiger partial charge in [0.2, 0.25) is 0 Å². The minimum Gasteiger partial charge on any atom is -0.497 e. The van der Waals surface area contributed by atoms with Gasteiger partial charge in [0.1, 0.15) is 38.5 Å². The molecule has 1 atom stereocenters. The minimum atomic E-state index is -0.0948. The lowest BCUT2D eigenvalue weighted by atomic mass is 10.1. The second kappa shape index (κ2) is 9.36.